The van der Waals surface area contributed by atoms with Gasteiger partial charge in [0, 0.05) is 17.0 Å². The summed E-state index contributed by atoms with van der Waals surface area (Å²) in [4.78, 5) is 8.96. The molecule has 0 unspecified atom stereocenters. The molecule has 0 aliphatic rings. The van der Waals surface area contributed by atoms with Crippen molar-refractivity contribution < 1.29 is 0 Å². The van der Waals surface area contributed by atoms with Gasteiger partial charge in [-0.25, -0.2) is 15.4 Å². The Bertz CT molecular complexity index is 692. The Kier molecular flexibility index (Phi) is 6.91. The molecule has 0 saturated heterocycles. The summed E-state index contributed by atoms with van der Waals surface area (Å²) in [5.41, 5.74) is 8.56. The molecule has 0 atom stereocenters. The molecule has 0 saturated carbocycles. The molecule has 1 N–H and O–H groups in total. The van der Waals surface area contributed by atoms with Crippen LogP contribution in [0.25, 0.3) is 0 Å². The minimum Gasteiger partial charge on any atom is -0.245 e. The lowest BCUT2D eigenvalue weighted by atomic mass is 9.99. The largest absolute Gasteiger partial charge is 0.245 e. The van der Waals surface area contributed by atoms with Crippen molar-refractivity contribution in [2.75, 3.05) is 5.43 Å². The highest BCUT2D eigenvalue weighted by Crippen LogP contribution is 2.14. The maximum Gasteiger partial charge on any atom is 0.243 e. The Balaban J connectivity index is 2.17. The van der Waals surface area contributed by atoms with Gasteiger partial charge in [0.25, 0.3) is 0 Å². The summed E-state index contributed by atoms with van der Waals surface area (Å²) in [6, 6.07) is 10.5. The van der Waals surface area contributed by atoms with E-state index in [4.69, 9.17) is 0 Å². The maximum atomic E-state index is 4.53. The van der Waals surface area contributed by atoms with Crippen molar-refractivity contribution in [3.63, 3.8) is 0 Å². The van der Waals surface area contributed by atoms with E-state index in [2.05, 4.69) is 58.6 Å². The van der Waals surface area contributed by atoms with E-state index < -0.39 is 0 Å². The quantitative estimate of drug-likeness (QED) is 0.554. The number of anilines is 1. The molecule has 0 amide bonds. The van der Waals surface area contributed by atoms with Gasteiger partial charge in [-0.15, -0.1) is 0 Å². The van der Waals surface area contributed by atoms with E-state index >= 15 is 0 Å². The molecule has 0 fully saturated rings. The van der Waals surface area contributed by atoms with Gasteiger partial charge in [0.1, 0.15) is 0 Å². The number of rotatable bonds is 8. The standard InChI is InChI=1S/C20H28N4/c1-5-7-11-17-12-8-9-13-19(17)16(4)23-24-20-21-15(3)14-18(22-20)10-6-2/h8-9,12-14H,5-7,10-11H2,1-4H3,(H,21,22,24). The number of nitrogens with one attached hydrogen (secondary N) is 1. The molecule has 4 nitrogen and oxygen atoms in total. The van der Waals surface area contributed by atoms with Crippen LogP contribution in [0.1, 0.15) is 62.5 Å². The van der Waals surface area contributed by atoms with Crippen LogP contribution in [0.4, 0.5) is 5.95 Å². The predicted octanol–water partition coefficient (Wildman–Crippen LogP) is 4.92. The first-order valence-electron chi connectivity index (χ1n) is 8.87. The lowest BCUT2D eigenvalue weighted by Gasteiger charge is -2.09. The highest BCUT2D eigenvalue weighted by atomic mass is 15.4. The van der Waals surface area contributed by atoms with E-state index in [-0.39, 0.29) is 0 Å². The molecule has 0 aliphatic carbocycles. The monoisotopic (exact) mass is 324 g/mol. The van der Waals surface area contributed by atoms with Gasteiger partial charge >= 0.3 is 0 Å². The summed E-state index contributed by atoms with van der Waals surface area (Å²) in [6.07, 6.45) is 5.50. The summed E-state index contributed by atoms with van der Waals surface area (Å²) in [6.45, 7) is 8.39. The average Bonchev–Trinajstić information content (AvgIpc) is 2.58. The molecule has 128 valence electrons. The third kappa shape index (κ3) is 5.15. The molecular weight excluding hydrogens is 296 g/mol. The molecule has 2 aromatic rings. The second-order valence-electron chi connectivity index (χ2n) is 6.14. The fraction of sp³-hybridized carbons (Fsp3) is 0.450. The van der Waals surface area contributed by atoms with Gasteiger partial charge in [0.2, 0.25) is 5.95 Å². The fourth-order valence-corrected chi connectivity index (χ4v) is 2.72. The first-order valence-corrected chi connectivity index (χ1v) is 8.87. The number of benzene rings is 1. The van der Waals surface area contributed by atoms with Gasteiger partial charge in [-0.3, -0.25) is 0 Å². The normalized spacial score (nSPS) is 11.6. The summed E-state index contributed by atoms with van der Waals surface area (Å²) in [5.74, 6) is 0.573. The van der Waals surface area contributed by atoms with Crippen LogP contribution in [0.5, 0.6) is 0 Å². The highest BCUT2D eigenvalue weighted by Gasteiger charge is 2.06. The third-order valence-electron chi connectivity index (χ3n) is 3.94. The van der Waals surface area contributed by atoms with Crippen LogP contribution in [0.15, 0.2) is 35.4 Å². The Hall–Kier alpha value is -2.23. The third-order valence-corrected chi connectivity index (χ3v) is 3.94. The van der Waals surface area contributed by atoms with Gasteiger partial charge in [0.05, 0.1) is 5.71 Å². The number of aromatic nitrogens is 2. The molecule has 1 heterocycles. The van der Waals surface area contributed by atoms with Crippen LogP contribution in [0.3, 0.4) is 0 Å². The van der Waals surface area contributed by atoms with Gasteiger partial charge in [-0.05, 0) is 44.7 Å². The minimum absolute atomic E-state index is 0.573. The number of hydrogen-bond donors (Lipinski definition) is 1. The van der Waals surface area contributed by atoms with Crippen molar-refractivity contribution in [3.05, 3.63) is 52.8 Å². The van der Waals surface area contributed by atoms with Crippen LogP contribution in [0, 0.1) is 6.92 Å². The Morgan fingerprint density at radius 2 is 1.88 bits per heavy atom. The molecule has 0 aliphatic heterocycles. The topological polar surface area (TPSA) is 50.2 Å². The number of hydrogen-bond acceptors (Lipinski definition) is 4. The molecule has 2 rings (SSSR count). The van der Waals surface area contributed by atoms with Crippen molar-refractivity contribution in [2.45, 2.75) is 59.8 Å². The van der Waals surface area contributed by atoms with Gasteiger partial charge in [0.15, 0.2) is 0 Å². The van der Waals surface area contributed by atoms with Crippen molar-refractivity contribution in [3.8, 4) is 0 Å². The smallest absolute Gasteiger partial charge is 0.243 e. The van der Waals surface area contributed by atoms with E-state index in [0.717, 1.165) is 36.4 Å². The lowest BCUT2D eigenvalue weighted by Crippen LogP contribution is -2.07. The summed E-state index contributed by atoms with van der Waals surface area (Å²) in [5, 5.41) is 4.52. The first kappa shape index (κ1) is 18.1. The second-order valence-corrected chi connectivity index (χ2v) is 6.14. The van der Waals surface area contributed by atoms with E-state index in [1.54, 1.807) is 0 Å². The molecule has 24 heavy (non-hydrogen) atoms. The first-order chi connectivity index (χ1) is 11.6. The van der Waals surface area contributed by atoms with Crippen molar-refractivity contribution in [1.29, 1.82) is 0 Å². The molecule has 1 aromatic carbocycles. The number of unbranched alkanes of at least 4 members (excludes halogenated alkanes) is 1. The molecule has 0 bridgehead atoms. The summed E-state index contributed by atoms with van der Waals surface area (Å²) >= 11 is 0. The van der Waals surface area contributed by atoms with E-state index in [1.807, 2.05) is 19.9 Å². The van der Waals surface area contributed by atoms with E-state index in [1.165, 1.54) is 24.0 Å². The number of aryl methyl sites for hydroxylation is 3. The summed E-state index contributed by atoms with van der Waals surface area (Å²) in [7, 11) is 0. The minimum atomic E-state index is 0.573. The lowest BCUT2D eigenvalue weighted by molar-refractivity contribution is 0.794. The van der Waals surface area contributed by atoms with E-state index in [0.29, 0.717) is 5.95 Å². The zero-order valence-electron chi connectivity index (χ0n) is 15.3. The van der Waals surface area contributed by atoms with Crippen molar-refractivity contribution in [2.24, 2.45) is 5.10 Å². The highest BCUT2D eigenvalue weighted by molar-refractivity contribution is 6.00. The Morgan fingerprint density at radius 1 is 1.08 bits per heavy atom. The van der Waals surface area contributed by atoms with E-state index in [9.17, 15) is 0 Å². The van der Waals surface area contributed by atoms with Crippen LogP contribution in [-0.4, -0.2) is 15.7 Å². The molecule has 0 spiro atoms. The average molecular weight is 324 g/mol. The van der Waals surface area contributed by atoms with Crippen LogP contribution in [0.2, 0.25) is 0 Å². The number of hydrazone groups is 1. The second kappa shape index (κ2) is 9.16. The van der Waals surface area contributed by atoms with Gasteiger partial charge in [-0.1, -0.05) is 51.0 Å². The van der Waals surface area contributed by atoms with Crippen molar-refractivity contribution in [1.82, 2.24) is 9.97 Å². The zero-order valence-corrected chi connectivity index (χ0v) is 15.3. The van der Waals surface area contributed by atoms with Gasteiger partial charge < -0.3 is 0 Å². The molecule has 1 aromatic heterocycles. The van der Waals surface area contributed by atoms with Crippen LogP contribution < -0.4 is 5.43 Å². The molecule has 4 heteroatoms. The van der Waals surface area contributed by atoms with Crippen molar-refractivity contribution >= 4 is 11.7 Å². The Morgan fingerprint density at radius 3 is 2.62 bits per heavy atom. The van der Waals surface area contributed by atoms with Crippen LogP contribution >= 0.6 is 0 Å². The summed E-state index contributed by atoms with van der Waals surface area (Å²) < 4.78 is 0. The molecular formula is C20H28N4. The SMILES string of the molecule is CCCCc1ccccc1C(C)=NNc1nc(C)cc(CCC)n1. The van der Waals surface area contributed by atoms with Crippen LogP contribution in [-0.2, 0) is 12.8 Å². The number of nitrogens with zero attached hydrogens (tertiary/aromatic N) is 3. The zero-order chi connectivity index (χ0) is 17.4. The Labute approximate surface area is 145 Å². The predicted molar refractivity (Wildman–Crippen MR) is 102 cm³/mol. The van der Waals surface area contributed by atoms with Gasteiger partial charge in [-0.2, -0.15) is 5.10 Å². The molecule has 0 radical (unpaired) electrons. The maximum absolute atomic E-state index is 4.53. The fourth-order valence-electron chi connectivity index (χ4n) is 2.72.